The number of halogens is 1. The zero-order valence-corrected chi connectivity index (χ0v) is 12.9. The van der Waals surface area contributed by atoms with Gasteiger partial charge in [0, 0.05) is 12.4 Å². The molecule has 7 heteroatoms. The average Bonchev–Trinajstić information content (AvgIpc) is 3.12. The van der Waals surface area contributed by atoms with E-state index in [9.17, 15) is 4.79 Å². The summed E-state index contributed by atoms with van der Waals surface area (Å²) in [7, 11) is 0. The largest absolute Gasteiger partial charge is 0.319 e. The number of amides is 1. The van der Waals surface area contributed by atoms with Crippen LogP contribution in [0.25, 0.3) is 11.0 Å². The molecule has 1 N–H and O–H groups in total. The Labute approximate surface area is 133 Å². The van der Waals surface area contributed by atoms with E-state index in [0.717, 1.165) is 15.5 Å². The number of aromatic nitrogens is 4. The van der Waals surface area contributed by atoms with Crippen molar-refractivity contribution in [1.29, 1.82) is 0 Å². The molecule has 22 heavy (non-hydrogen) atoms. The van der Waals surface area contributed by atoms with Crippen LogP contribution in [0.2, 0.25) is 0 Å². The van der Waals surface area contributed by atoms with Crippen molar-refractivity contribution in [3.8, 4) is 0 Å². The van der Waals surface area contributed by atoms with Crippen LogP contribution in [0.3, 0.4) is 0 Å². The molecule has 0 radical (unpaired) electrons. The van der Waals surface area contributed by atoms with Crippen LogP contribution in [-0.4, -0.2) is 25.1 Å². The van der Waals surface area contributed by atoms with Gasteiger partial charge in [0.25, 0.3) is 5.91 Å². The van der Waals surface area contributed by atoms with Crippen LogP contribution >= 0.6 is 15.9 Å². The second kappa shape index (κ2) is 4.96. The van der Waals surface area contributed by atoms with Gasteiger partial charge < -0.3 is 5.32 Å². The smallest absolute Gasteiger partial charge is 0.257 e. The molecule has 6 nitrogen and oxygen atoms in total. The van der Waals surface area contributed by atoms with Crippen LogP contribution in [0.4, 0.5) is 5.69 Å². The summed E-state index contributed by atoms with van der Waals surface area (Å²) in [5.41, 5.74) is 2.96. The van der Waals surface area contributed by atoms with E-state index in [1.165, 1.54) is 0 Å². The number of nitrogens with zero attached hydrogens (tertiary/aromatic N) is 4. The molecule has 0 aliphatic carbocycles. The van der Waals surface area contributed by atoms with Crippen molar-refractivity contribution in [3.05, 3.63) is 65.2 Å². The average molecular weight is 356 g/mol. The van der Waals surface area contributed by atoms with Crippen molar-refractivity contribution < 1.29 is 4.79 Å². The minimum absolute atomic E-state index is 0.202. The Bertz CT molecular complexity index is 1000. The van der Waals surface area contributed by atoms with E-state index in [0.29, 0.717) is 11.3 Å². The lowest BCUT2D eigenvalue weighted by Gasteiger charge is -2.04. The molecule has 0 spiro atoms. The number of rotatable bonds is 2. The van der Waals surface area contributed by atoms with E-state index in [2.05, 4.69) is 31.4 Å². The van der Waals surface area contributed by atoms with E-state index in [1.807, 2.05) is 30.5 Å². The molecule has 1 amide bonds. The Morgan fingerprint density at radius 2 is 1.91 bits per heavy atom. The van der Waals surface area contributed by atoms with E-state index < -0.39 is 0 Å². The minimum atomic E-state index is -0.202. The van der Waals surface area contributed by atoms with Crippen LogP contribution in [0.1, 0.15) is 10.4 Å². The highest BCUT2D eigenvalue weighted by molar-refractivity contribution is 9.10. The summed E-state index contributed by atoms with van der Waals surface area (Å²) in [4.78, 5) is 12.4. The summed E-state index contributed by atoms with van der Waals surface area (Å²) in [6, 6.07) is 9.30. The SMILES string of the molecule is O=C(Nc1cnn2ccccc12)c1ccc2c(Br)cnn2c1. The van der Waals surface area contributed by atoms with Crippen molar-refractivity contribution >= 4 is 38.6 Å². The highest BCUT2D eigenvalue weighted by Gasteiger charge is 2.11. The molecular formula is C15H10BrN5O. The first-order valence-corrected chi connectivity index (χ1v) is 7.38. The van der Waals surface area contributed by atoms with Gasteiger partial charge in [-0.15, -0.1) is 0 Å². The standard InChI is InChI=1S/C15H10BrN5O/c16-11-7-17-21-9-10(4-5-13(11)21)15(22)19-12-8-18-20-6-2-1-3-14(12)20/h1-9H,(H,19,22). The third kappa shape index (κ3) is 2.06. The van der Waals surface area contributed by atoms with Gasteiger partial charge in [0.1, 0.15) is 0 Å². The lowest BCUT2D eigenvalue weighted by Crippen LogP contribution is -2.12. The minimum Gasteiger partial charge on any atom is -0.319 e. The monoisotopic (exact) mass is 355 g/mol. The second-order valence-electron chi connectivity index (χ2n) is 4.78. The van der Waals surface area contributed by atoms with Gasteiger partial charge in [0.2, 0.25) is 0 Å². The van der Waals surface area contributed by atoms with Gasteiger partial charge in [-0.25, -0.2) is 9.03 Å². The fourth-order valence-corrected chi connectivity index (χ4v) is 2.72. The van der Waals surface area contributed by atoms with E-state index in [-0.39, 0.29) is 5.91 Å². The van der Waals surface area contributed by atoms with Crippen molar-refractivity contribution in [3.63, 3.8) is 0 Å². The molecule has 0 unspecified atom stereocenters. The first kappa shape index (κ1) is 13.0. The van der Waals surface area contributed by atoms with Crippen LogP contribution in [0.5, 0.6) is 0 Å². The van der Waals surface area contributed by atoms with Crippen molar-refractivity contribution in [2.75, 3.05) is 5.32 Å². The van der Waals surface area contributed by atoms with Gasteiger partial charge in [-0.2, -0.15) is 10.2 Å². The van der Waals surface area contributed by atoms with Crippen molar-refractivity contribution in [2.24, 2.45) is 0 Å². The molecule has 0 saturated heterocycles. The zero-order valence-electron chi connectivity index (χ0n) is 11.3. The molecule has 4 heterocycles. The van der Waals surface area contributed by atoms with Crippen LogP contribution in [0.15, 0.2) is 59.6 Å². The number of pyridine rings is 2. The molecule has 0 aliphatic heterocycles. The summed E-state index contributed by atoms with van der Waals surface area (Å²) in [6.07, 6.45) is 6.86. The third-order valence-corrected chi connectivity index (χ3v) is 4.02. The Balaban J connectivity index is 1.68. The third-order valence-electron chi connectivity index (χ3n) is 3.41. The van der Waals surface area contributed by atoms with E-state index in [4.69, 9.17) is 0 Å². The van der Waals surface area contributed by atoms with Gasteiger partial charge in [-0.05, 0) is 40.2 Å². The second-order valence-corrected chi connectivity index (χ2v) is 5.64. The molecule has 0 aromatic carbocycles. The van der Waals surface area contributed by atoms with Gasteiger partial charge in [0.05, 0.1) is 39.2 Å². The van der Waals surface area contributed by atoms with Gasteiger partial charge >= 0.3 is 0 Å². The normalized spacial score (nSPS) is 11.1. The molecule has 0 bridgehead atoms. The van der Waals surface area contributed by atoms with Crippen LogP contribution in [-0.2, 0) is 0 Å². The van der Waals surface area contributed by atoms with Crippen molar-refractivity contribution in [1.82, 2.24) is 19.2 Å². The summed E-state index contributed by atoms with van der Waals surface area (Å²) in [5.74, 6) is -0.202. The predicted octanol–water partition coefficient (Wildman–Crippen LogP) is 3.00. The molecule has 0 fully saturated rings. The number of nitrogens with one attached hydrogen (secondary N) is 1. The maximum Gasteiger partial charge on any atom is 0.257 e. The Morgan fingerprint density at radius 3 is 2.82 bits per heavy atom. The zero-order chi connectivity index (χ0) is 15.1. The molecule has 0 atom stereocenters. The summed E-state index contributed by atoms with van der Waals surface area (Å²) >= 11 is 3.41. The fourth-order valence-electron chi connectivity index (χ4n) is 2.31. The van der Waals surface area contributed by atoms with Crippen molar-refractivity contribution in [2.45, 2.75) is 0 Å². The maximum atomic E-state index is 12.4. The highest BCUT2D eigenvalue weighted by Crippen LogP contribution is 2.19. The molecule has 4 rings (SSSR count). The lowest BCUT2D eigenvalue weighted by molar-refractivity contribution is 0.102. The topological polar surface area (TPSA) is 63.7 Å². The molecule has 4 aromatic heterocycles. The number of fused-ring (bicyclic) bond motifs is 2. The highest BCUT2D eigenvalue weighted by atomic mass is 79.9. The molecule has 0 aliphatic rings. The van der Waals surface area contributed by atoms with Gasteiger partial charge in [0.15, 0.2) is 0 Å². The summed E-state index contributed by atoms with van der Waals surface area (Å²) < 4.78 is 4.26. The Morgan fingerprint density at radius 1 is 1.05 bits per heavy atom. The Kier molecular flexibility index (Phi) is 2.93. The maximum absolute atomic E-state index is 12.4. The number of carbonyl (C=O) groups is 1. The molecular weight excluding hydrogens is 346 g/mol. The van der Waals surface area contributed by atoms with E-state index in [1.54, 1.807) is 33.7 Å². The van der Waals surface area contributed by atoms with Crippen LogP contribution in [0, 0.1) is 0 Å². The summed E-state index contributed by atoms with van der Waals surface area (Å²) in [6.45, 7) is 0. The number of anilines is 1. The molecule has 4 aromatic rings. The first-order chi connectivity index (χ1) is 10.7. The lowest BCUT2D eigenvalue weighted by atomic mass is 10.2. The predicted molar refractivity (Wildman–Crippen MR) is 86.0 cm³/mol. The van der Waals surface area contributed by atoms with E-state index >= 15 is 0 Å². The number of carbonyl (C=O) groups excluding carboxylic acids is 1. The fraction of sp³-hybridized carbons (Fsp3) is 0. The number of hydrogen-bond donors (Lipinski definition) is 1. The molecule has 0 saturated carbocycles. The number of hydrogen-bond acceptors (Lipinski definition) is 3. The summed E-state index contributed by atoms with van der Waals surface area (Å²) in [5, 5.41) is 11.3. The molecule has 108 valence electrons. The van der Waals surface area contributed by atoms with Crippen LogP contribution < -0.4 is 5.32 Å². The van der Waals surface area contributed by atoms with Gasteiger partial charge in [-0.3, -0.25) is 4.79 Å². The quantitative estimate of drug-likeness (QED) is 0.601. The van der Waals surface area contributed by atoms with Gasteiger partial charge in [-0.1, -0.05) is 6.07 Å². The first-order valence-electron chi connectivity index (χ1n) is 6.59. The Hall–Kier alpha value is -2.67.